The highest BCUT2D eigenvalue weighted by Crippen LogP contribution is 2.11. The Labute approximate surface area is 126 Å². The number of nitrogens with zero attached hydrogens (tertiary/aromatic N) is 1. The number of nitrogens with one attached hydrogen (secondary N) is 2. The third kappa shape index (κ3) is 7.54. The van der Waals surface area contributed by atoms with Gasteiger partial charge in [0.1, 0.15) is 11.6 Å². The van der Waals surface area contributed by atoms with Crippen molar-refractivity contribution in [3.05, 3.63) is 30.1 Å². The molecule has 0 heterocycles. The first-order valence-corrected chi connectivity index (χ1v) is 7.51. The quantitative estimate of drug-likeness (QED) is 0.440. The zero-order valence-corrected chi connectivity index (χ0v) is 13.2. The Kier molecular flexibility index (Phi) is 8.24. The number of guanidine groups is 1. The van der Waals surface area contributed by atoms with Gasteiger partial charge in [-0.15, -0.1) is 0 Å². The predicted octanol–water partition coefficient (Wildman–Crippen LogP) is 2.95. The maximum atomic E-state index is 12.7. The van der Waals surface area contributed by atoms with Crippen molar-refractivity contribution in [3.63, 3.8) is 0 Å². The van der Waals surface area contributed by atoms with Crippen LogP contribution < -0.4 is 15.4 Å². The molecule has 5 heteroatoms. The van der Waals surface area contributed by atoms with Crippen LogP contribution in [0.25, 0.3) is 0 Å². The lowest BCUT2D eigenvalue weighted by molar-refractivity contribution is 0.306. The number of aliphatic imine (C=N–C) groups is 1. The molecule has 2 N–H and O–H groups in total. The first-order chi connectivity index (χ1) is 10.2. The van der Waals surface area contributed by atoms with Crippen LogP contribution in [0.5, 0.6) is 5.75 Å². The summed E-state index contributed by atoms with van der Waals surface area (Å²) in [5, 5.41) is 6.58. The van der Waals surface area contributed by atoms with Crippen LogP contribution in [0, 0.1) is 5.82 Å². The Morgan fingerprint density at radius 1 is 1.29 bits per heavy atom. The van der Waals surface area contributed by atoms with Gasteiger partial charge in [0.25, 0.3) is 0 Å². The normalized spacial score (nSPS) is 12.9. The van der Waals surface area contributed by atoms with Crippen molar-refractivity contribution in [1.29, 1.82) is 0 Å². The lowest BCUT2D eigenvalue weighted by Crippen LogP contribution is -2.42. The van der Waals surface area contributed by atoms with E-state index in [1.165, 1.54) is 12.1 Å². The zero-order valence-electron chi connectivity index (χ0n) is 13.2. The third-order valence-electron chi connectivity index (χ3n) is 3.17. The monoisotopic (exact) mass is 295 g/mol. The Morgan fingerprint density at radius 3 is 2.62 bits per heavy atom. The molecule has 21 heavy (non-hydrogen) atoms. The molecule has 0 aromatic heterocycles. The van der Waals surface area contributed by atoms with Crippen molar-refractivity contribution >= 4 is 5.96 Å². The Hall–Kier alpha value is -1.78. The van der Waals surface area contributed by atoms with Gasteiger partial charge in [0, 0.05) is 19.6 Å². The second-order valence-corrected chi connectivity index (χ2v) is 4.96. The SMILES string of the molecule is CCC(C)NC(=NC)NCCCCOc1ccc(F)cc1. The summed E-state index contributed by atoms with van der Waals surface area (Å²) < 4.78 is 18.3. The van der Waals surface area contributed by atoms with Crippen LogP contribution in [0.4, 0.5) is 4.39 Å². The molecule has 1 aromatic rings. The predicted molar refractivity (Wildman–Crippen MR) is 85.4 cm³/mol. The van der Waals surface area contributed by atoms with E-state index in [0.29, 0.717) is 18.4 Å². The number of hydrogen-bond donors (Lipinski definition) is 2. The van der Waals surface area contributed by atoms with Crippen LogP contribution in [0.1, 0.15) is 33.1 Å². The molecule has 1 unspecified atom stereocenters. The van der Waals surface area contributed by atoms with Gasteiger partial charge in [0.15, 0.2) is 5.96 Å². The summed E-state index contributed by atoms with van der Waals surface area (Å²) in [6.45, 7) is 5.74. The van der Waals surface area contributed by atoms with Gasteiger partial charge in [0.05, 0.1) is 6.61 Å². The molecule has 0 aliphatic rings. The maximum absolute atomic E-state index is 12.7. The molecule has 0 bridgehead atoms. The van der Waals surface area contributed by atoms with Crippen LogP contribution >= 0.6 is 0 Å². The van der Waals surface area contributed by atoms with E-state index in [-0.39, 0.29) is 5.82 Å². The van der Waals surface area contributed by atoms with Crippen molar-refractivity contribution in [2.24, 2.45) is 4.99 Å². The van der Waals surface area contributed by atoms with E-state index in [1.54, 1.807) is 19.2 Å². The van der Waals surface area contributed by atoms with Crippen molar-refractivity contribution in [1.82, 2.24) is 10.6 Å². The summed E-state index contributed by atoms with van der Waals surface area (Å²) in [4.78, 5) is 4.18. The lowest BCUT2D eigenvalue weighted by atomic mass is 10.3. The van der Waals surface area contributed by atoms with Gasteiger partial charge < -0.3 is 15.4 Å². The van der Waals surface area contributed by atoms with Crippen molar-refractivity contribution in [2.45, 2.75) is 39.2 Å². The molecule has 0 saturated carbocycles. The molecule has 0 fully saturated rings. The van der Waals surface area contributed by atoms with Gasteiger partial charge >= 0.3 is 0 Å². The summed E-state index contributed by atoms with van der Waals surface area (Å²) in [5.41, 5.74) is 0. The molecule has 118 valence electrons. The van der Waals surface area contributed by atoms with E-state index in [2.05, 4.69) is 29.5 Å². The van der Waals surface area contributed by atoms with Gasteiger partial charge in [-0.1, -0.05) is 6.92 Å². The smallest absolute Gasteiger partial charge is 0.191 e. The maximum Gasteiger partial charge on any atom is 0.191 e. The topological polar surface area (TPSA) is 45.7 Å². The number of hydrogen-bond acceptors (Lipinski definition) is 2. The molecule has 0 saturated heterocycles. The van der Waals surface area contributed by atoms with Gasteiger partial charge in [-0.3, -0.25) is 4.99 Å². The fourth-order valence-electron chi connectivity index (χ4n) is 1.68. The van der Waals surface area contributed by atoms with Crippen LogP contribution in [0.3, 0.4) is 0 Å². The van der Waals surface area contributed by atoms with E-state index in [4.69, 9.17) is 4.74 Å². The lowest BCUT2D eigenvalue weighted by Gasteiger charge is -2.16. The summed E-state index contributed by atoms with van der Waals surface area (Å²) >= 11 is 0. The van der Waals surface area contributed by atoms with Gasteiger partial charge in [0.2, 0.25) is 0 Å². The average molecular weight is 295 g/mol. The van der Waals surface area contributed by atoms with E-state index in [0.717, 1.165) is 31.8 Å². The first kappa shape index (κ1) is 17.3. The van der Waals surface area contributed by atoms with Gasteiger partial charge in [-0.05, 0) is 50.5 Å². The molecule has 1 rings (SSSR count). The molecule has 0 radical (unpaired) electrons. The summed E-state index contributed by atoms with van der Waals surface area (Å²) in [6, 6.07) is 6.51. The number of rotatable bonds is 8. The highest BCUT2D eigenvalue weighted by molar-refractivity contribution is 5.79. The number of benzene rings is 1. The highest BCUT2D eigenvalue weighted by atomic mass is 19.1. The zero-order chi connectivity index (χ0) is 15.5. The highest BCUT2D eigenvalue weighted by Gasteiger charge is 2.01. The van der Waals surface area contributed by atoms with Crippen molar-refractivity contribution in [3.8, 4) is 5.75 Å². The minimum Gasteiger partial charge on any atom is -0.494 e. The average Bonchev–Trinajstić information content (AvgIpc) is 2.50. The molecule has 4 nitrogen and oxygen atoms in total. The van der Waals surface area contributed by atoms with Crippen molar-refractivity contribution in [2.75, 3.05) is 20.2 Å². The molecular formula is C16H26FN3O. The molecular weight excluding hydrogens is 269 g/mol. The molecule has 1 atom stereocenters. The largest absolute Gasteiger partial charge is 0.494 e. The second-order valence-electron chi connectivity index (χ2n) is 4.96. The molecule has 0 aliphatic heterocycles. The Balaban J connectivity index is 2.09. The molecule has 1 aromatic carbocycles. The Morgan fingerprint density at radius 2 is 2.00 bits per heavy atom. The van der Waals surface area contributed by atoms with Gasteiger partial charge in [-0.25, -0.2) is 4.39 Å². The van der Waals surface area contributed by atoms with E-state index >= 15 is 0 Å². The minimum absolute atomic E-state index is 0.244. The summed E-state index contributed by atoms with van der Waals surface area (Å²) in [7, 11) is 1.77. The molecule has 0 amide bonds. The van der Waals surface area contributed by atoms with E-state index < -0.39 is 0 Å². The summed E-state index contributed by atoms with van der Waals surface area (Å²) in [6.07, 6.45) is 2.99. The minimum atomic E-state index is -0.244. The number of unbranched alkanes of at least 4 members (excludes halogenated alkanes) is 1. The summed E-state index contributed by atoms with van der Waals surface area (Å²) in [5.74, 6) is 1.30. The van der Waals surface area contributed by atoms with E-state index in [9.17, 15) is 4.39 Å². The number of halogens is 1. The second kappa shape index (κ2) is 10.0. The number of ether oxygens (including phenoxy) is 1. The van der Waals surface area contributed by atoms with Crippen molar-refractivity contribution < 1.29 is 9.13 Å². The molecule has 0 spiro atoms. The van der Waals surface area contributed by atoms with Crippen LogP contribution in [0.2, 0.25) is 0 Å². The Bertz CT molecular complexity index is 420. The fraction of sp³-hybridized carbons (Fsp3) is 0.562. The molecule has 0 aliphatic carbocycles. The van der Waals surface area contributed by atoms with Gasteiger partial charge in [-0.2, -0.15) is 0 Å². The van der Waals surface area contributed by atoms with Crippen LogP contribution in [-0.2, 0) is 0 Å². The fourth-order valence-corrected chi connectivity index (χ4v) is 1.68. The standard InChI is InChI=1S/C16H26FN3O/c1-4-13(2)20-16(18-3)19-11-5-6-12-21-15-9-7-14(17)8-10-15/h7-10,13H,4-6,11-12H2,1-3H3,(H2,18,19,20). The van der Waals surface area contributed by atoms with E-state index in [1.807, 2.05) is 0 Å². The first-order valence-electron chi connectivity index (χ1n) is 7.51. The van der Waals surface area contributed by atoms with Crippen LogP contribution in [-0.4, -0.2) is 32.2 Å². The van der Waals surface area contributed by atoms with Crippen LogP contribution in [0.15, 0.2) is 29.3 Å². The third-order valence-corrected chi connectivity index (χ3v) is 3.17.